The molecule has 6 heteroatoms. The van der Waals surface area contributed by atoms with Crippen LogP contribution in [-0.2, 0) is 9.84 Å². The lowest BCUT2D eigenvalue weighted by Gasteiger charge is -2.12. The highest BCUT2D eigenvalue weighted by atomic mass is 79.9. The quantitative estimate of drug-likeness (QED) is 0.896. The monoisotopic (exact) mass is 290 g/mol. The predicted octanol–water partition coefficient (Wildman–Crippen LogP) is 1.44. The van der Waals surface area contributed by atoms with Crippen molar-refractivity contribution >= 4 is 31.6 Å². The predicted molar refractivity (Wildman–Crippen MR) is 62.6 cm³/mol. The fourth-order valence-electron chi connectivity index (χ4n) is 1.59. The maximum atomic E-state index is 11.2. The summed E-state index contributed by atoms with van der Waals surface area (Å²) in [5.41, 5.74) is 0. The third kappa shape index (κ3) is 2.69. The second-order valence-corrected chi connectivity index (χ2v) is 6.66. The van der Waals surface area contributed by atoms with Crippen molar-refractivity contribution in [3.63, 3.8) is 0 Å². The molecule has 2 rings (SSSR count). The van der Waals surface area contributed by atoms with Gasteiger partial charge < -0.3 is 5.32 Å². The van der Waals surface area contributed by atoms with E-state index in [-0.39, 0.29) is 17.5 Å². The van der Waals surface area contributed by atoms with Crippen molar-refractivity contribution in [1.82, 2.24) is 4.98 Å². The summed E-state index contributed by atoms with van der Waals surface area (Å²) in [5.74, 6) is 1.19. The van der Waals surface area contributed by atoms with E-state index in [1.54, 1.807) is 6.20 Å². The molecule has 1 N–H and O–H groups in total. The number of hydrogen-bond acceptors (Lipinski definition) is 4. The highest BCUT2D eigenvalue weighted by molar-refractivity contribution is 9.10. The fraction of sp³-hybridized carbons (Fsp3) is 0.444. The first-order chi connectivity index (χ1) is 7.07. The van der Waals surface area contributed by atoms with Crippen LogP contribution in [0, 0.1) is 0 Å². The van der Waals surface area contributed by atoms with Gasteiger partial charge in [-0.25, -0.2) is 13.4 Å². The number of rotatable bonds is 2. The van der Waals surface area contributed by atoms with Crippen LogP contribution in [-0.4, -0.2) is 30.9 Å². The smallest absolute Gasteiger partial charge is 0.152 e. The van der Waals surface area contributed by atoms with Crippen LogP contribution in [0.15, 0.2) is 22.8 Å². The van der Waals surface area contributed by atoms with Crippen molar-refractivity contribution in [3.8, 4) is 0 Å². The summed E-state index contributed by atoms with van der Waals surface area (Å²) in [5, 5.41) is 3.13. The number of aromatic nitrogens is 1. The van der Waals surface area contributed by atoms with E-state index in [4.69, 9.17) is 0 Å². The molecule has 82 valence electrons. The van der Waals surface area contributed by atoms with E-state index in [0.717, 1.165) is 4.47 Å². The van der Waals surface area contributed by atoms with E-state index < -0.39 is 9.84 Å². The molecule has 0 aliphatic carbocycles. The molecule has 0 radical (unpaired) electrons. The van der Waals surface area contributed by atoms with Gasteiger partial charge >= 0.3 is 0 Å². The van der Waals surface area contributed by atoms with Crippen molar-refractivity contribution in [3.05, 3.63) is 22.8 Å². The molecule has 1 fully saturated rings. The van der Waals surface area contributed by atoms with Gasteiger partial charge in [-0.2, -0.15) is 0 Å². The molecule has 1 unspecified atom stereocenters. The molecule has 0 spiro atoms. The van der Waals surface area contributed by atoms with E-state index >= 15 is 0 Å². The summed E-state index contributed by atoms with van der Waals surface area (Å²) in [6, 6.07) is 3.68. The van der Waals surface area contributed by atoms with Gasteiger partial charge in [-0.1, -0.05) is 0 Å². The van der Waals surface area contributed by atoms with Crippen LogP contribution in [0.5, 0.6) is 0 Å². The molecule has 1 aliphatic heterocycles. The number of hydrogen-bond donors (Lipinski definition) is 1. The van der Waals surface area contributed by atoms with Crippen LogP contribution in [0.2, 0.25) is 0 Å². The Morgan fingerprint density at radius 3 is 2.93 bits per heavy atom. The van der Waals surface area contributed by atoms with Gasteiger partial charge in [0, 0.05) is 12.2 Å². The van der Waals surface area contributed by atoms with E-state index in [1.807, 2.05) is 12.1 Å². The Kier molecular flexibility index (Phi) is 2.97. The fourth-order valence-corrected chi connectivity index (χ4v) is 3.64. The Balaban J connectivity index is 2.08. The van der Waals surface area contributed by atoms with Crippen LogP contribution in [0.3, 0.4) is 0 Å². The molecule has 0 amide bonds. The van der Waals surface area contributed by atoms with Crippen LogP contribution >= 0.6 is 15.9 Å². The maximum absolute atomic E-state index is 11.2. The van der Waals surface area contributed by atoms with Crippen molar-refractivity contribution in [2.45, 2.75) is 12.5 Å². The first-order valence-electron chi connectivity index (χ1n) is 4.64. The lowest BCUT2D eigenvalue weighted by Crippen LogP contribution is -2.21. The summed E-state index contributed by atoms with van der Waals surface area (Å²) >= 11 is 3.36. The second kappa shape index (κ2) is 4.09. The van der Waals surface area contributed by atoms with E-state index in [2.05, 4.69) is 26.2 Å². The van der Waals surface area contributed by atoms with Gasteiger partial charge in [0.1, 0.15) is 5.82 Å². The summed E-state index contributed by atoms with van der Waals surface area (Å²) in [4.78, 5) is 4.14. The topological polar surface area (TPSA) is 59.1 Å². The number of halogens is 1. The van der Waals surface area contributed by atoms with Crippen molar-refractivity contribution in [2.24, 2.45) is 0 Å². The molecule has 1 aromatic rings. The zero-order valence-corrected chi connectivity index (χ0v) is 10.4. The van der Waals surface area contributed by atoms with Crippen LogP contribution in [0.1, 0.15) is 6.42 Å². The molecular formula is C9H11BrN2O2S. The Labute approximate surface area is 97.1 Å². The van der Waals surface area contributed by atoms with Crippen LogP contribution in [0.4, 0.5) is 5.82 Å². The molecular weight excluding hydrogens is 280 g/mol. The van der Waals surface area contributed by atoms with Gasteiger partial charge in [-0.15, -0.1) is 0 Å². The largest absolute Gasteiger partial charge is 0.365 e. The van der Waals surface area contributed by atoms with Gasteiger partial charge in [0.25, 0.3) is 0 Å². The van der Waals surface area contributed by atoms with Gasteiger partial charge in [0.05, 0.1) is 16.0 Å². The van der Waals surface area contributed by atoms with E-state index in [1.165, 1.54) is 0 Å². The zero-order valence-electron chi connectivity index (χ0n) is 7.98. The maximum Gasteiger partial charge on any atom is 0.152 e. The molecule has 1 aromatic heterocycles. The molecule has 0 aromatic carbocycles. The standard InChI is InChI=1S/C9H11BrN2O2S/c10-8-2-1-4-11-9(8)12-7-3-5-15(13,14)6-7/h1-2,4,7H,3,5-6H2,(H,11,12). The van der Waals surface area contributed by atoms with E-state index in [9.17, 15) is 8.42 Å². The van der Waals surface area contributed by atoms with Crippen LogP contribution < -0.4 is 5.32 Å². The Morgan fingerprint density at radius 1 is 1.53 bits per heavy atom. The minimum Gasteiger partial charge on any atom is -0.365 e. The number of anilines is 1. The molecule has 2 heterocycles. The molecule has 1 aliphatic rings. The van der Waals surface area contributed by atoms with Gasteiger partial charge in [-0.3, -0.25) is 0 Å². The minimum atomic E-state index is -2.83. The highest BCUT2D eigenvalue weighted by Gasteiger charge is 2.28. The summed E-state index contributed by atoms with van der Waals surface area (Å²) < 4.78 is 23.3. The molecule has 4 nitrogen and oxygen atoms in total. The van der Waals surface area contributed by atoms with Crippen molar-refractivity contribution < 1.29 is 8.42 Å². The number of sulfone groups is 1. The Hall–Kier alpha value is -0.620. The highest BCUT2D eigenvalue weighted by Crippen LogP contribution is 2.22. The minimum absolute atomic E-state index is 0.0128. The van der Waals surface area contributed by atoms with Gasteiger partial charge in [0.15, 0.2) is 9.84 Å². The SMILES string of the molecule is O=S1(=O)CCC(Nc2ncccc2Br)C1. The summed E-state index contributed by atoms with van der Waals surface area (Å²) in [6.45, 7) is 0. The average molecular weight is 291 g/mol. The van der Waals surface area contributed by atoms with Gasteiger partial charge in [-0.05, 0) is 34.5 Å². The molecule has 15 heavy (non-hydrogen) atoms. The zero-order chi connectivity index (χ0) is 10.9. The van der Waals surface area contributed by atoms with E-state index in [0.29, 0.717) is 12.2 Å². The average Bonchev–Trinajstić information content (AvgIpc) is 2.50. The summed E-state index contributed by atoms with van der Waals surface area (Å²) in [7, 11) is -2.83. The molecule has 0 bridgehead atoms. The number of nitrogens with zero attached hydrogens (tertiary/aromatic N) is 1. The number of nitrogens with one attached hydrogen (secondary N) is 1. The molecule has 1 saturated heterocycles. The third-order valence-corrected chi connectivity index (χ3v) is 4.74. The Morgan fingerprint density at radius 2 is 2.33 bits per heavy atom. The Bertz CT molecular complexity index is 461. The third-order valence-electron chi connectivity index (χ3n) is 2.33. The number of pyridine rings is 1. The van der Waals surface area contributed by atoms with Gasteiger partial charge in [0.2, 0.25) is 0 Å². The van der Waals surface area contributed by atoms with Crippen molar-refractivity contribution in [2.75, 3.05) is 16.8 Å². The van der Waals surface area contributed by atoms with Crippen molar-refractivity contribution in [1.29, 1.82) is 0 Å². The van der Waals surface area contributed by atoms with Crippen LogP contribution in [0.25, 0.3) is 0 Å². The lowest BCUT2D eigenvalue weighted by molar-refractivity contribution is 0.602. The normalized spacial score (nSPS) is 23.9. The summed E-state index contributed by atoms with van der Waals surface area (Å²) in [6.07, 6.45) is 2.34. The lowest BCUT2D eigenvalue weighted by atomic mass is 10.2. The first kappa shape index (κ1) is 10.9. The second-order valence-electron chi connectivity index (χ2n) is 3.58. The molecule has 1 atom stereocenters. The molecule has 0 saturated carbocycles. The first-order valence-corrected chi connectivity index (χ1v) is 7.26.